The Hall–Kier alpha value is -1.81. The van der Waals surface area contributed by atoms with Crippen molar-refractivity contribution in [3.63, 3.8) is 0 Å². The first-order valence-corrected chi connectivity index (χ1v) is 6.89. The van der Waals surface area contributed by atoms with Crippen molar-refractivity contribution < 1.29 is 13.2 Å². The lowest BCUT2D eigenvalue weighted by Crippen LogP contribution is -2.23. The average molecular weight is 293 g/mol. The number of hydrogen-bond donors (Lipinski definition) is 1. The second-order valence-corrected chi connectivity index (χ2v) is 5.10. The fourth-order valence-corrected chi connectivity index (χ4v) is 2.50. The lowest BCUT2D eigenvalue weighted by atomic mass is 9.94. The maximum absolute atomic E-state index is 14.1. The maximum Gasteiger partial charge on any atom is 0.163 e. The van der Waals surface area contributed by atoms with Gasteiger partial charge in [0.1, 0.15) is 5.82 Å². The summed E-state index contributed by atoms with van der Waals surface area (Å²) in [5.41, 5.74) is 1.93. The van der Waals surface area contributed by atoms with Crippen LogP contribution in [0.2, 0.25) is 0 Å². The Kier molecular flexibility index (Phi) is 4.68. The van der Waals surface area contributed by atoms with Gasteiger partial charge in [0.15, 0.2) is 11.6 Å². The second-order valence-electron chi connectivity index (χ2n) is 5.10. The number of aryl methyl sites for hydroxylation is 2. The van der Waals surface area contributed by atoms with E-state index in [2.05, 4.69) is 5.32 Å². The van der Waals surface area contributed by atoms with Gasteiger partial charge in [0.25, 0.3) is 0 Å². The van der Waals surface area contributed by atoms with E-state index in [1.807, 2.05) is 6.92 Å². The first-order valence-electron chi connectivity index (χ1n) is 6.89. The quantitative estimate of drug-likeness (QED) is 0.880. The van der Waals surface area contributed by atoms with Crippen molar-refractivity contribution in [2.75, 3.05) is 6.54 Å². The Morgan fingerprint density at radius 2 is 1.62 bits per heavy atom. The molecule has 2 rings (SSSR count). The van der Waals surface area contributed by atoms with Crippen molar-refractivity contribution in [1.29, 1.82) is 0 Å². The average Bonchev–Trinajstić information content (AvgIpc) is 2.45. The Morgan fingerprint density at radius 1 is 1.00 bits per heavy atom. The molecule has 0 aromatic heterocycles. The van der Waals surface area contributed by atoms with Crippen LogP contribution >= 0.6 is 0 Å². The van der Waals surface area contributed by atoms with E-state index < -0.39 is 17.7 Å². The molecule has 0 amide bonds. The van der Waals surface area contributed by atoms with Crippen LogP contribution in [0.3, 0.4) is 0 Å². The molecular formula is C17H18F3N. The Bertz CT molecular complexity index is 629. The minimum Gasteiger partial charge on any atom is -0.306 e. The van der Waals surface area contributed by atoms with Gasteiger partial charge in [-0.05, 0) is 43.1 Å². The highest BCUT2D eigenvalue weighted by molar-refractivity contribution is 5.38. The zero-order valence-electron chi connectivity index (χ0n) is 12.3. The molecule has 112 valence electrons. The third kappa shape index (κ3) is 3.10. The molecular weight excluding hydrogens is 275 g/mol. The molecule has 0 fully saturated rings. The summed E-state index contributed by atoms with van der Waals surface area (Å²) in [7, 11) is 0. The zero-order chi connectivity index (χ0) is 15.6. The van der Waals surface area contributed by atoms with Crippen molar-refractivity contribution in [2.45, 2.75) is 26.8 Å². The van der Waals surface area contributed by atoms with E-state index in [-0.39, 0.29) is 11.4 Å². The number of nitrogens with one attached hydrogen (secondary N) is 1. The summed E-state index contributed by atoms with van der Waals surface area (Å²) < 4.78 is 41.3. The largest absolute Gasteiger partial charge is 0.306 e. The molecule has 0 heterocycles. The van der Waals surface area contributed by atoms with Gasteiger partial charge in [0.2, 0.25) is 0 Å². The van der Waals surface area contributed by atoms with E-state index in [0.29, 0.717) is 17.7 Å². The fourth-order valence-electron chi connectivity index (χ4n) is 2.50. The van der Waals surface area contributed by atoms with Gasteiger partial charge in [-0.15, -0.1) is 0 Å². The summed E-state index contributed by atoms with van der Waals surface area (Å²) in [6, 6.07) is 6.92. The van der Waals surface area contributed by atoms with E-state index >= 15 is 0 Å². The van der Waals surface area contributed by atoms with Crippen molar-refractivity contribution in [2.24, 2.45) is 0 Å². The molecule has 0 aliphatic rings. The van der Waals surface area contributed by atoms with Crippen LogP contribution in [0, 0.1) is 31.3 Å². The maximum atomic E-state index is 14.1. The van der Waals surface area contributed by atoms with Crippen LogP contribution in [0.1, 0.15) is 35.2 Å². The minimum atomic E-state index is -0.883. The zero-order valence-corrected chi connectivity index (χ0v) is 12.3. The normalized spacial score (nSPS) is 12.5. The Labute approximate surface area is 122 Å². The molecule has 2 aromatic rings. The summed E-state index contributed by atoms with van der Waals surface area (Å²) in [5, 5.41) is 3.13. The highest BCUT2D eigenvalue weighted by Gasteiger charge is 2.20. The molecule has 1 atom stereocenters. The van der Waals surface area contributed by atoms with Gasteiger partial charge in [0, 0.05) is 5.56 Å². The molecule has 1 unspecified atom stereocenters. The van der Waals surface area contributed by atoms with Crippen LogP contribution in [0.25, 0.3) is 0 Å². The van der Waals surface area contributed by atoms with E-state index in [4.69, 9.17) is 0 Å². The predicted molar refractivity (Wildman–Crippen MR) is 77.8 cm³/mol. The highest BCUT2D eigenvalue weighted by Crippen LogP contribution is 2.28. The fraction of sp³-hybridized carbons (Fsp3) is 0.294. The van der Waals surface area contributed by atoms with Crippen molar-refractivity contribution in [1.82, 2.24) is 5.32 Å². The van der Waals surface area contributed by atoms with Gasteiger partial charge in [0.05, 0.1) is 6.04 Å². The van der Waals surface area contributed by atoms with Crippen LogP contribution in [0.15, 0.2) is 30.3 Å². The predicted octanol–water partition coefficient (Wildman–Crippen LogP) is 4.42. The molecule has 0 aliphatic carbocycles. The molecule has 0 spiro atoms. The van der Waals surface area contributed by atoms with Gasteiger partial charge in [-0.1, -0.05) is 31.2 Å². The molecule has 21 heavy (non-hydrogen) atoms. The third-order valence-electron chi connectivity index (χ3n) is 3.49. The number of halogens is 3. The van der Waals surface area contributed by atoms with Gasteiger partial charge in [-0.2, -0.15) is 0 Å². The van der Waals surface area contributed by atoms with Crippen LogP contribution in [-0.2, 0) is 0 Å². The van der Waals surface area contributed by atoms with E-state index in [0.717, 1.165) is 11.6 Å². The molecule has 1 nitrogen and oxygen atoms in total. The number of hydrogen-bond acceptors (Lipinski definition) is 1. The first-order chi connectivity index (χ1) is 9.95. The van der Waals surface area contributed by atoms with Crippen LogP contribution < -0.4 is 5.32 Å². The molecule has 0 saturated carbocycles. The summed E-state index contributed by atoms with van der Waals surface area (Å²) in [6.45, 7) is 5.79. The smallest absolute Gasteiger partial charge is 0.163 e. The van der Waals surface area contributed by atoms with Crippen LogP contribution in [0.4, 0.5) is 13.2 Å². The standard InChI is InChI=1S/C17H18F3N/c1-4-21-17(13-6-5-7-14(18)16(13)20)12-8-10(2)15(19)11(3)9-12/h5-9,17,21H,4H2,1-3H3. The van der Waals surface area contributed by atoms with Crippen molar-refractivity contribution in [3.05, 3.63) is 70.0 Å². The summed E-state index contributed by atoms with van der Waals surface area (Å²) in [5.74, 6) is -2.03. The van der Waals surface area contributed by atoms with Crippen LogP contribution in [-0.4, -0.2) is 6.54 Å². The Balaban J connectivity index is 2.56. The van der Waals surface area contributed by atoms with Crippen LogP contribution in [0.5, 0.6) is 0 Å². The van der Waals surface area contributed by atoms with Crippen molar-refractivity contribution in [3.8, 4) is 0 Å². The number of benzene rings is 2. The van der Waals surface area contributed by atoms with E-state index in [9.17, 15) is 13.2 Å². The van der Waals surface area contributed by atoms with Gasteiger partial charge in [-0.25, -0.2) is 13.2 Å². The Morgan fingerprint density at radius 3 is 2.19 bits per heavy atom. The lowest BCUT2D eigenvalue weighted by molar-refractivity contribution is 0.482. The highest BCUT2D eigenvalue weighted by atomic mass is 19.2. The number of rotatable bonds is 4. The SMILES string of the molecule is CCNC(c1cc(C)c(F)c(C)c1)c1cccc(F)c1F. The molecule has 0 bridgehead atoms. The molecule has 0 radical (unpaired) electrons. The van der Waals surface area contributed by atoms with E-state index in [1.165, 1.54) is 6.07 Å². The summed E-state index contributed by atoms with van der Waals surface area (Å²) in [4.78, 5) is 0. The monoisotopic (exact) mass is 293 g/mol. The summed E-state index contributed by atoms with van der Waals surface area (Å²) >= 11 is 0. The molecule has 0 saturated heterocycles. The summed E-state index contributed by atoms with van der Waals surface area (Å²) in [6.07, 6.45) is 0. The van der Waals surface area contributed by atoms with Gasteiger partial charge < -0.3 is 5.32 Å². The topological polar surface area (TPSA) is 12.0 Å². The van der Waals surface area contributed by atoms with E-state index in [1.54, 1.807) is 32.0 Å². The molecule has 2 aromatic carbocycles. The van der Waals surface area contributed by atoms with Gasteiger partial charge >= 0.3 is 0 Å². The molecule has 0 aliphatic heterocycles. The lowest BCUT2D eigenvalue weighted by Gasteiger charge is -2.21. The first kappa shape index (κ1) is 15.6. The molecule has 4 heteroatoms. The van der Waals surface area contributed by atoms with Gasteiger partial charge in [-0.3, -0.25) is 0 Å². The van der Waals surface area contributed by atoms with Crippen molar-refractivity contribution >= 4 is 0 Å². The minimum absolute atomic E-state index is 0.224. The third-order valence-corrected chi connectivity index (χ3v) is 3.49. The molecule has 1 N–H and O–H groups in total. The second kappa shape index (κ2) is 6.31.